The second-order valence-electron chi connectivity index (χ2n) is 5.72. The highest BCUT2D eigenvalue weighted by Gasteiger charge is 2.13. The molecule has 0 aliphatic rings. The highest BCUT2D eigenvalue weighted by atomic mass is 19.1. The number of nitrogens with one attached hydrogen (secondary N) is 1. The van der Waals surface area contributed by atoms with Gasteiger partial charge in [0.1, 0.15) is 5.82 Å². The normalized spacial score (nSPS) is 11.9. The lowest BCUT2D eigenvalue weighted by molar-refractivity contribution is -0.121. The fraction of sp³-hybridized carbons (Fsp3) is 0.211. The average molecular weight is 339 g/mol. The van der Waals surface area contributed by atoms with Crippen molar-refractivity contribution in [3.63, 3.8) is 0 Å². The van der Waals surface area contributed by atoms with Gasteiger partial charge in [0.05, 0.1) is 6.04 Å². The minimum absolute atomic E-state index is 0.0701. The smallest absolute Gasteiger partial charge is 0.227 e. The molecule has 0 spiro atoms. The first-order chi connectivity index (χ1) is 12.1. The van der Waals surface area contributed by atoms with E-state index in [2.05, 4.69) is 15.5 Å². The molecule has 0 fully saturated rings. The van der Waals surface area contributed by atoms with E-state index in [0.717, 1.165) is 5.56 Å². The Labute approximate surface area is 144 Å². The summed E-state index contributed by atoms with van der Waals surface area (Å²) in [7, 11) is 0. The number of rotatable bonds is 6. The molecule has 25 heavy (non-hydrogen) atoms. The molecule has 3 aromatic rings. The zero-order chi connectivity index (χ0) is 17.6. The summed E-state index contributed by atoms with van der Waals surface area (Å²) in [5, 5.41) is 6.76. The summed E-state index contributed by atoms with van der Waals surface area (Å²) < 4.78 is 18.4. The molecule has 1 aromatic heterocycles. The van der Waals surface area contributed by atoms with Gasteiger partial charge in [-0.15, -0.1) is 0 Å². The molecule has 1 N–H and O–H groups in total. The molecule has 3 rings (SSSR count). The largest absolute Gasteiger partial charge is 0.350 e. The number of benzene rings is 2. The highest BCUT2D eigenvalue weighted by molar-refractivity contribution is 5.76. The molecular weight excluding hydrogens is 321 g/mol. The standard InChI is InChI=1S/C19H18FN3O2/c1-13(14-6-3-2-4-7-14)21-17(24)10-11-18-22-19(23-25-18)15-8-5-9-16(20)12-15/h2-9,12-13H,10-11H2,1H3,(H,21,24). The number of amides is 1. The fourth-order valence-corrected chi connectivity index (χ4v) is 2.46. The predicted octanol–water partition coefficient (Wildman–Crippen LogP) is 3.69. The second kappa shape index (κ2) is 7.70. The van der Waals surface area contributed by atoms with E-state index in [0.29, 0.717) is 23.7 Å². The summed E-state index contributed by atoms with van der Waals surface area (Å²) in [5.74, 6) is 0.203. The minimum atomic E-state index is -0.363. The van der Waals surface area contributed by atoms with Crippen molar-refractivity contribution >= 4 is 5.91 Å². The maximum absolute atomic E-state index is 13.2. The number of carbonyl (C=O) groups is 1. The molecule has 1 heterocycles. The first kappa shape index (κ1) is 16.8. The Morgan fingerprint density at radius 1 is 1.20 bits per heavy atom. The van der Waals surface area contributed by atoms with Crippen LogP contribution in [0.5, 0.6) is 0 Å². The van der Waals surface area contributed by atoms with E-state index in [1.807, 2.05) is 37.3 Å². The van der Waals surface area contributed by atoms with Crippen molar-refractivity contribution < 1.29 is 13.7 Å². The Balaban J connectivity index is 1.54. The van der Waals surface area contributed by atoms with E-state index < -0.39 is 0 Å². The Hall–Kier alpha value is -3.02. The molecule has 1 amide bonds. The molecule has 0 bridgehead atoms. The molecule has 0 saturated heterocycles. The first-order valence-electron chi connectivity index (χ1n) is 8.04. The van der Waals surface area contributed by atoms with Gasteiger partial charge < -0.3 is 9.84 Å². The summed E-state index contributed by atoms with van der Waals surface area (Å²) >= 11 is 0. The van der Waals surface area contributed by atoms with Crippen LogP contribution in [0.1, 0.15) is 30.8 Å². The summed E-state index contributed by atoms with van der Waals surface area (Å²) in [5.41, 5.74) is 1.58. The van der Waals surface area contributed by atoms with Crippen LogP contribution in [0.4, 0.5) is 4.39 Å². The van der Waals surface area contributed by atoms with Crippen LogP contribution in [-0.4, -0.2) is 16.0 Å². The van der Waals surface area contributed by atoms with Crippen molar-refractivity contribution in [3.8, 4) is 11.4 Å². The van der Waals surface area contributed by atoms with Gasteiger partial charge in [-0.1, -0.05) is 47.6 Å². The second-order valence-corrected chi connectivity index (χ2v) is 5.72. The van der Waals surface area contributed by atoms with Crippen LogP contribution in [-0.2, 0) is 11.2 Å². The van der Waals surface area contributed by atoms with Gasteiger partial charge in [-0.3, -0.25) is 4.79 Å². The fourth-order valence-electron chi connectivity index (χ4n) is 2.46. The lowest BCUT2D eigenvalue weighted by atomic mass is 10.1. The Morgan fingerprint density at radius 2 is 2.00 bits per heavy atom. The first-order valence-corrected chi connectivity index (χ1v) is 8.04. The van der Waals surface area contributed by atoms with Gasteiger partial charge in [0.15, 0.2) is 0 Å². The Kier molecular flexibility index (Phi) is 5.18. The number of hydrogen-bond donors (Lipinski definition) is 1. The molecule has 0 radical (unpaired) electrons. The molecule has 0 aliphatic heterocycles. The van der Waals surface area contributed by atoms with Gasteiger partial charge in [0, 0.05) is 18.4 Å². The van der Waals surface area contributed by atoms with Crippen molar-refractivity contribution in [2.75, 3.05) is 0 Å². The van der Waals surface area contributed by atoms with Crippen LogP contribution in [0.3, 0.4) is 0 Å². The average Bonchev–Trinajstić information content (AvgIpc) is 3.10. The van der Waals surface area contributed by atoms with Crippen LogP contribution in [0, 0.1) is 5.82 Å². The van der Waals surface area contributed by atoms with E-state index in [1.54, 1.807) is 12.1 Å². The topological polar surface area (TPSA) is 68.0 Å². The van der Waals surface area contributed by atoms with Crippen molar-refractivity contribution in [1.82, 2.24) is 15.5 Å². The lowest BCUT2D eigenvalue weighted by Crippen LogP contribution is -2.26. The van der Waals surface area contributed by atoms with E-state index in [9.17, 15) is 9.18 Å². The number of aromatic nitrogens is 2. The maximum Gasteiger partial charge on any atom is 0.227 e. The van der Waals surface area contributed by atoms with E-state index >= 15 is 0 Å². The monoisotopic (exact) mass is 339 g/mol. The zero-order valence-electron chi connectivity index (χ0n) is 13.8. The highest BCUT2D eigenvalue weighted by Crippen LogP contribution is 2.17. The molecule has 1 unspecified atom stereocenters. The summed E-state index contributed by atoms with van der Waals surface area (Å²) in [6.45, 7) is 1.93. The maximum atomic E-state index is 13.2. The zero-order valence-corrected chi connectivity index (χ0v) is 13.8. The third-order valence-corrected chi connectivity index (χ3v) is 3.79. The third-order valence-electron chi connectivity index (χ3n) is 3.79. The summed E-state index contributed by atoms with van der Waals surface area (Å²) in [4.78, 5) is 16.3. The molecule has 6 heteroatoms. The number of carbonyl (C=O) groups excluding carboxylic acids is 1. The van der Waals surface area contributed by atoms with Crippen LogP contribution < -0.4 is 5.32 Å². The van der Waals surface area contributed by atoms with Gasteiger partial charge in [0.25, 0.3) is 0 Å². The number of aryl methyl sites for hydroxylation is 1. The number of halogens is 1. The predicted molar refractivity (Wildman–Crippen MR) is 91.0 cm³/mol. The number of hydrogen-bond acceptors (Lipinski definition) is 4. The third kappa shape index (κ3) is 4.50. The van der Waals surface area contributed by atoms with Crippen molar-refractivity contribution in [2.45, 2.75) is 25.8 Å². The molecule has 2 aromatic carbocycles. The van der Waals surface area contributed by atoms with Crippen LogP contribution >= 0.6 is 0 Å². The Bertz CT molecular complexity index is 849. The molecule has 0 aliphatic carbocycles. The molecule has 128 valence electrons. The Morgan fingerprint density at radius 3 is 2.76 bits per heavy atom. The molecule has 0 saturated carbocycles. The van der Waals surface area contributed by atoms with E-state index in [4.69, 9.17) is 4.52 Å². The number of nitrogens with zero attached hydrogens (tertiary/aromatic N) is 2. The van der Waals surface area contributed by atoms with Crippen molar-refractivity contribution in [2.24, 2.45) is 0 Å². The molecular formula is C19H18FN3O2. The van der Waals surface area contributed by atoms with Crippen LogP contribution in [0.25, 0.3) is 11.4 Å². The summed E-state index contributed by atoms with van der Waals surface area (Å²) in [6.07, 6.45) is 0.567. The minimum Gasteiger partial charge on any atom is -0.350 e. The summed E-state index contributed by atoms with van der Waals surface area (Å²) in [6, 6.07) is 15.6. The van der Waals surface area contributed by atoms with Gasteiger partial charge in [-0.25, -0.2) is 4.39 Å². The van der Waals surface area contributed by atoms with Crippen molar-refractivity contribution in [1.29, 1.82) is 0 Å². The van der Waals surface area contributed by atoms with Gasteiger partial charge in [-0.05, 0) is 24.6 Å². The van der Waals surface area contributed by atoms with Gasteiger partial charge in [-0.2, -0.15) is 4.98 Å². The van der Waals surface area contributed by atoms with Crippen LogP contribution in [0.2, 0.25) is 0 Å². The SMILES string of the molecule is CC(NC(=O)CCc1nc(-c2cccc(F)c2)no1)c1ccccc1. The van der Waals surface area contributed by atoms with Gasteiger partial charge in [0.2, 0.25) is 17.6 Å². The van der Waals surface area contributed by atoms with Crippen molar-refractivity contribution in [3.05, 3.63) is 71.9 Å². The molecule has 5 nitrogen and oxygen atoms in total. The molecule has 1 atom stereocenters. The van der Waals surface area contributed by atoms with Gasteiger partial charge >= 0.3 is 0 Å². The quantitative estimate of drug-likeness (QED) is 0.744. The van der Waals surface area contributed by atoms with E-state index in [-0.39, 0.29) is 24.2 Å². The van der Waals surface area contributed by atoms with Crippen LogP contribution in [0.15, 0.2) is 59.1 Å². The van der Waals surface area contributed by atoms with E-state index in [1.165, 1.54) is 12.1 Å². The lowest BCUT2D eigenvalue weighted by Gasteiger charge is -2.13.